The SMILES string of the molecule is CN1CCC(NC(=O)CN(c2ccccc2Cl)S(=O)(=O)c2ccccc2)CC1. The van der Waals surface area contributed by atoms with Crippen molar-refractivity contribution in [3.8, 4) is 0 Å². The summed E-state index contributed by atoms with van der Waals surface area (Å²) in [5.74, 6) is -0.339. The van der Waals surface area contributed by atoms with Gasteiger partial charge >= 0.3 is 0 Å². The number of anilines is 1. The molecule has 3 rings (SSSR count). The third kappa shape index (κ3) is 4.84. The second-order valence-corrected chi connectivity index (χ2v) is 9.19. The Morgan fingerprint density at radius 2 is 1.71 bits per heavy atom. The van der Waals surface area contributed by atoms with Gasteiger partial charge in [-0.3, -0.25) is 9.10 Å². The summed E-state index contributed by atoms with van der Waals surface area (Å²) in [4.78, 5) is 15.0. The van der Waals surface area contributed by atoms with Gasteiger partial charge in [-0.05, 0) is 57.2 Å². The molecule has 6 nitrogen and oxygen atoms in total. The average Bonchev–Trinajstić information content (AvgIpc) is 2.69. The summed E-state index contributed by atoms with van der Waals surface area (Å²) in [7, 11) is -1.90. The van der Waals surface area contributed by atoms with Crippen molar-refractivity contribution >= 4 is 33.2 Å². The molecule has 0 saturated carbocycles. The van der Waals surface area contributed by atoms with Crippen LogP contribution in [0.15, 0.2) is 59.5 Å². The second kappa shape index (κ2) is 8.94. The maximum absolute atomic E-state index is 13.2. The summed E-state index contributed by atoms with van der Waals surface area (Å²) in [6.07, 6.45) is 1.69. The van der Waals surface area contributed by atoms with Gasteiger partial charge in [0, 0.05) is 6.04 Å². The van der Waals surface area contributed by atoms with Crippen LogP contribution in [-0.2, 0) is 14.8 Å². The smallest absolute Gasteiger partial charge is 0.264 e. The fraction of sp³-hybridized carbons (Fsp3) is 0.350. The van der Waals surface area contributed by atoms with Crippen molar-refractivity contribution in [3.63, 3.8) is 0 Å². The molecule has 1 N–H and O–H groups in total. The second-order valence-electron chi connectivity index (χ2n) is 6.92. The highest BCUT2D eigenvalue weighted by atomic mass is 35.5. The highest BCUT2D eigenvalue weighted by Crippen LogP contribution is 2.30. The Morgan fingerprint density at radius 1 is 1.11 bits per heavy atom. The monoisotopic (exact) mass is 421 g/mol. The molecule has 1 aliphatic rings. The molecule has 2 aromatic rings. The summed E-state index contributed by atoms with van der Waals surface area (Å²) in [6, 6.07) is 14.7. The first-order valence-electron chi connectivity index (χ1n) is 9.18. The number of hydrogen-bond acceptors (Lipinski definition) is 4. The minimum Gasteiger partial charge on any atom is -0.352 e. The number of nitrogens with zero attached hydrogens (tertiary/aromatic N) is 2. The number of rotatable bonds is 6. The molecular weight excluding hydrogens is 398 g/mol. The van der Waals surface area contributed by atoms with Gasteiger partial charge in [0.25, 0.3) is 10.0 Å². The van der Waals surface area contributed by atoms with Gasteiger partial charge in [0.1, 0.15) is 6.54 Å². The molecule has 0 unspecified atom stereocenters. The van der Waals surface area contributed by atoms with Crippen LogP contribution in [0.25, 0.3) is 0 Å². The first-order chi connectivity index (χ1) is 13.4. The normalized spacial score (nSPS) is 15.9. The fourth-order valence-corrected chi connectivity index (χ4v) is 4.98. The molecule has 0 atom stereocenters. The summed E-state index contributed by atoms with van der Waals surface area (Å²) < 4.78 is 27.6. The molecule has 1 heterocycles. The van der Waals surface area contributed by atoms with E-state index in [0.29, 0.717) is 0 Å². The third-order valence-electron chi connectivity index (χ3n) is 4.82. The van der Waals surface area contributed by atoms with Gasteiger partial charge in [0.15, 0.2) is 0 Å². The number of carbonyl (C=O) groups is 1. The van der Waals surface area contributed by atoms with Crippen molar-refractivity contribution in [2.24, 2.45) is 0 Å². The van der Waals surface area contributed by atoms with E-state index >= 15 is 0 Å². The number of benzene rings is 2. The van der Waals surface area contributed by atoms with E-state index in [1.54, 1.807) is 42.5 Å². The van der Waals surface area contributed by atoms with Crippen molar-refractivity contribution in [1.82, 2.24) is 10.2 Å². The molecule has 8 heteroatoms. The summed E-state index contributed by atoms with van der Waals surface area (Å²) in [5.41, 5.74) is 0.284. The lowest BCUT2D eigenvalue weighted by molar-refractivity contribution is -0.120. The zero-order chi connectivity index (χ0) is 20.1. The summed E-state index contributed by atoms with van der Waals surface area (Å²) in [6.45, 7) is 1.48. The Morgan fingerprint density at radius 3 is 2.36 bits per heavy atom. The van der Waals surface area contributed by atoms with Crippen molar-refractivity contribution in [2.45, 2.75) is 23.8 Å². The van der Waals surface area contributed by atoms with E-state index in [-0.39, 0.29) is 34.1 Å². The Hall–Kier alpha value is -2.09. The van der Waals surface area contributed by atoms with Gasteiger partial charge in [0.05, 0.1) is 15.6 Å². The van der Waals surface area contributed by atoms with Gasteiger partial charge in [-0.2, -0.15) is 0 Å². The van der Waals surface area contributed by atoms with Crippen molar-refractivity contribution in [2.75, 3.05) is 31.0 Å². The fourth-order valence-electron chi connectivity index (χ4n) is 3.23. The lowest BCUT2D eigenvalue weighted by Crippen LogP contribution is -2.47. The summed E-state index contributed by atoms with van der Waals surface area (Å²) >= 11 is 6.26. The lowest BCUT2D eigenvalue weighted by atomic mass is 10.1. The van der Waals surface area contributed by atoms with Crippen LogP contribution in [0.1, 0.15) is 12.8 Å². The van der Waals surface area contributed by atoms with Crippen molar-refractivity contribution in [1.29, 1.82) is 0 Å². The Balaban J connectivity index is 1.85. The molecule has 0 radical (unpaired) electrons. The van der Waals surface area contributed by atoms with E-state index in [9.17, 15) is 13.2 Å². The topological polar surface area (TPSA) is 69.7 Å². The molecule has 0 aromatic heterocycles. The van der Waals surface area contributed by atoms with Crippen molar-refractivity contribution < 1.29 is 13.2 Å². The van der Waals surface area contributed by atoms with Gasteiger partial charge in [0.2, 0.25) is 5.91 Å². The number of nitrogens with one attached hydrogen (secondary N) is 1. The van der Waals surface area contributed by atoms with Crippen LogP contribution in [0.5, 0.6) is 0 Å². The highest BCUT2D eigenvalue weighted by molar-refractivity contribution is 7.92. The van der Waals surface area contributed by atoms with Gasteiger partial charge in [-0.15, -0.1) is 0 Å². The molecule has 0 spiro atoms. The molecule has 150 valence electrons. The number of halogens is 1. The molecule has 2 aromatic carbocycles. The number of amides is 1. The highest BCUT2D eigenvalue weighted by Gasteiger charge is 2.29. The average molecular weight is 422 g/mol. The standard InChI is InChI=1S/C20H24ClN3O3S/c1-23-13-11-16(12-14-23)22-20(25)15-24(19-10-6-5-9-18(19)21)28(26,27)17-7-3-2-4-8-17/h2-10,16H,11-15H2,1H3,(H,22,25). The van der Waals surface area contributed by atoms with Gasteiger partial charge in [-0.25, -0.2) is 8.42 Å². The molecule has 1 amide bonds. The van der Waals surface area contributed by atoms with E-state index in [1.165, 1.54) is 12.1 Å². The van der Waals surface area contributed by atoms with Crippen LogP contribution >= 0.6 is 11.6 Å². The van der Waals surface area contributed by atoms with E-state index in [2.05, 4.69) is 10.2 Å². The van der Waals surface area contributed by atoms with Crippen LogP contribution < -0.4 is 9.62 Å². The molecule has 1 aliphatic heterocycles. The van der Waals surface area contributed by atoms with E-state index in [4.69, 9.17) is 11.6 Å². The Kier molecular flexibility index (Phi) is 6.59. The predicted octanol–water partition coefficient (Wildman–Crippen LogP) is 2.75. The largest absolute Gasteiger partial charge is 0.352 e. The van der Waals surface area contributed by atoms with Gasteiger partial charge < -0.3 is 10.2 Å². The van der Waals surface area contributed by atoms with Crippen LogP contribution in [-0.4, -0.2) is 51.9 Å². The third-order valence-corrected chi connectivity index (χ3v) is 6.92. The zero-order valence-electron chi connectivity index (χ0n) is 15.7. The van der Waals surface area contributed by atoms with E-state index in [1.807, 2.05) is 7.05 Å². The van der Waals surface area contributed by atoms with Crippen LogP contribution in [0.2, 0.25) is 5.02 Å². The molecule has 1 saturated heterocycles. The lowest BCUT2D eigenvalue weighted by Gasteiger charge is -2.30. The van der Waals surface area contributed by atoms with E-state index < -0.39 is 10.0 Å². The number of para-hydroxylation sites is 1. The van der Waals surface area contributed by atoms with Crippen LogP contribution in [0, 0.1) is 0 Å². The number of sulfonamides is 1. The molecule has 0 bridgehead atoms. The maximum Gasteiger partial charge on any atom is 0.264 e. The predicted molar refractivity (Wildman–Crippen MR) is 111 cm³/mol. The van der Waals surface area contributed by atoms with Crippen LogP contribution in [0.4, 0.5) is 5.69 Å². The quantitative estimate of drug-likeness (QED) is 0.778. The molecule has 28 heavy (non-hydrogen) atoms. The molecule has 0 aliphatic carbocycles. The van der Waals surface area contributed by atoms with Crippen molar-refractivity contribution in [3.05, 3.63) is 59.6 Å². The van der Waals surface area contributed by atoms with Gasteiger partial charge in [-0.1, -0.05) is 41.9 Å². The Bertz CT molecular complexity index is 913. The minimum atomic E-state index is -3.94. The Labute approximate surface area is 171 Å². The maximum atomic E-state index is 13.2. The number of piperidine rings is 1. The number of likely N-dealkylation sites (tertiary alicyclic amines) is 1. The van der Waals surface area contributed by atoms with Crippen LogP contribution in [0.3, 0.4) is 0 Å². The summed E-state index contributed by atoms with van der Waals surface area (Å²) in [5, 5.41) is 3.24. The van der Waals surface area contributed by atoms with E-state index in [0.717, 1.165) is 30.2 Å². The zero-order valence-corrected chi connectivity index (χ0v) is 17.3. The first-order valence-corrected chi connectivity index (χ1v) is 11.0. The number of carbonyl (C=O) groups excluding carboxylic acids is 1. The molecular formula is C20H24ClN3O3S. The number of hydrogen-bond donors (Lipinski definition) is 1. The minimum absolute atomic E-state index is 0.0521. The first kappa shape index (κ1) is 20.6. The molecule has 1 fully saturated rings.